The van der Waals surface area contributed by atoms with Crippen LogP contribution in [0.1, 0.15) is 37.3 Å². The zero-order valence-electron chi connectivity index (χ0n) is 9.67. The van der Waals surface area contributed by atoms with E-state index in [9.17, 15) is 4.79 Å². The average molecular weight is 206 g/mol. The van der Waals surface area contributed by atoms with Crippen LogP contribution in [-0.4, -0.2) is 5.97 Å². The second-order valence-electron chi connectivity index (χ2n) is 3.85. The summed E-state index contributed by atoms with van der Waals surface area (Å²) < 4.78 is 5.26. The number of unbranched alkanes of at least 4 members (excludes halogenated alkanes) is 1. The molecule has 0 aliphatic carbocycles. The van der Waals surface area contributed by atoms with E-state index in [4.69, 9.17) is 4.74 Å². The molecule has 15 heavy (non-hydrogen) atoms. The van der Waals surface area contributed by atoms with E-state index >= 15 is 0 Å². The average Bonchev–Trinajstić information content (AvgIpc) is 2.19. The molecule has 1 aromatic rings. The van der Waals surface area contributed by atoms with Gasteiger partial charge in [0, 0.05) is 6.42 Å². The van der Waals surface area contributed by atoms with Crippen molar-refractivity contribution in [2.75, 3.05) is 0 Å². The van der Waals surface area contributed by atoms with E-state index in [1.54, 1.807) is 0 Å². The summed E-state index contributed by atoms with van der Waals surface area (Å²) in [7, 11) is 0. The minimum Gasteiger partial charge on any atom is -0.426 e. The largest absolute Gasteiger partial charge is 0.426 e. The lowest BCUT2D eigenvalue weighted by molar-refractivity contribution is -0.134. The van der Waals surface area contributed by atoms with E-state index in [1.807, 2.05) is 32.0 Å². The van der Waals surface area contributed by atoms with Gasteiger partial charge < -0.3 is 4.74 Å². The summed E-state index contributed by atoms with van der Waals surface area (Å²) in [5, 5.41) is 0. The SMILES string of the molecule is CCCCC(=O)Oc1ccc(C)cc1C. The molecule has 0 N–H and O–H groups in total. The molecule has 0 bridgehead atoms. The summed E-state index contributed by atoms with van der Waals surface area (Å²) in [6.07, 6.45) is 2.41. The Morgan fingerprint density at radius 2 is 2.07 bits per heavy atom. The van der Waals surface area contributed by atoms with E-state index < -0.39 is 0 Å². The molecule has 0 saturated heterocycles. The Balaban J connectivity index is 2.60. The highest BCUT2D eigenvalue weighted by Gasteiger charge is 2.06. The van der Waals surface area contributed by atoms with Crippen LogP contribution in [0.25, 0.3) is 0 Å². The van der Waals surface area contributed by atoms with Gasteiger partial charge in [0.1, 0.15) is 5.75 Å². The maximum Gasteiger partial charge on any atom is 0.311 e. The number of carbonyl (C=O) groups excluding carboxylic acids is 1. The van der Waals surface area contributed by atoms with Crippen molar-refractivity contribution in [2.24, 2.45) is 0 Å². The molecule has 0 unspecified atom stereocenters. The number of ether oxygens (including phenoxy) is 1. The minimum absolute atomic E-state index is 0.135. The van der Waals surface area contributed by atoms with Crippen LogP contribution in [0.2, 0.25) is 0 Å². The fraction of sp³-hybridized carbons (Fsp3) is 0.462. The fourth-order valence-electron chi connectivity index (χ4n) is 1.41. The first kappa shape index (κ1) is 11.8. The van der Waals surface area contributed by atoms with Gasteiger partial charge in [-0.25, -0.2) is 0 Å². The van der Waals surface area contributed by atoms with Crippen LogP contribution in [0.5, 0.6) is 5.75 Å². The second kappa shape index (κ2) is 5.54. The molecule has 0 saturated carbocycles. The van der Waals surface area contributed by atoms with Gasteiger partial charge in [-0.2, -0.15) is 0 Å². The monoisotopic (exact) mass is 206 g/mol. The van der Waals surface area contributed by atoms with Gasteiger partial charge in [-0.05, 0) is 31.9 Å². The molecule has 0 aromatic heterocycles. The number of aryl methyl sites for hydroxylation is 2. The van der Waals surface area contributed by atoms with Gasteiger partial charge in [0.15, 0.2) is 0 Å². The van der Waals surface area contributed by atoms with Gasteiger partial charge in [-0.15, -0.1) is 0 Å². The zero-order chi connectivity index (χ0) is 11.3. The first-order valence-corrected chi connectivity index (χ1v) is 5.41. The number of esters is 1. The molecule has 82 valence electrons. The van der Waals surface area contributed by atoms with Crippen LogP contribution in [0.15, 0.2) is 18.2 Å². The second-order valence-corrected chi connectivity index (χ2v) is 3.85. The van der Waals surface area contributed by atoms with Crippen molar-refractivity contribution in [1.29, 1.82) is 0 Å². The van der Waals surface area contributed by atoms with Crippen molar-refractivity contribution in [1.82, 2.24) is 0 Å². The number of benzene rings is 1. The predicted octanol–water partition coefficient (Wildman–Crippen LogP) is 3.40. The Morgan fingerprint density at radius 3 is 2.67 bits per heavy atom. The number of hydrogen-bond acceptors (Lipinski definition) is 2. The van der Waals surface area contributed by atoms with Gasteiger partial charge in [0.05, 0.1) is 0 Å². The summed E-state index contributed by atoms with van der Waals surface area (Å²) in [4.78, 5) is 11.4. The third-order valence-corrected chi connectivity index (χ3v) is 2.29. The molecule has 0 atom stereocenters. The third-order valence-electron chi connectivity index (χ3n) is 2.29. The lowest BCUT2D eigenvalue weighted by Crippen LogP contribution is -2.08. The summed E-state index contributed by atoms with van der Waals surface area (Å²) in [5.41, 5.74) is 2.20. The topological polar surface area (TPSA) is 26.3 Å². The highest BCUT2D eigenvalue weighted by Crippen LogP contribution is 2.19. The van der Waals surface area contributed by atoms with E-state index in [0.717, 1.165) is 18.4 Å². The molecule has 1 aromatic carbocycles. The van der Waals surface area contributed by atoms with Crippen molar-refractivity contribution < 1.29 is 9.53 Å². The Morgan fingerprint density at radius 1 is 1.33 bits per heavy atom. The first-order valence-electron chi connectivity index (χ1n) is 5.41. The van der Waals surface area contributed by atoms with Crippen LogP contribution in [0.3, 0.4) is 0 Å². The molecule has 0 spiro atoms. The highest BCUT2D eigenvalue weighted by molar-refractivity contribution is 5.72. The van der Waals surface area contributed by atoms with E-state index in [2.05, 4.69) is 6.92 Å². The Hall–Kier alpha value is -1.31. The maximum atomic E-state index is 11.4. The van der Waals surface area contributed by atoms with Gasteiger partial charge in [0.25, 0.3) is 0 Å². The Bertz CT molecular complexity index is 342. The molecule has 0 amide bonds. The van der Waals surface area contributed by atoms with Gasteiger partial charge in [-0.1, -0.05) is 31.0 Å². The molecule has 2 nitrogen and oxygen atoms in total. The lowest BCUT2D eigenvalue weighted by Gasteiger charge is -2.07. The van der Waals surface area contributed by atoms with Gasteiger partial charge >= 0.3 is 5.97 Å². The Kier molecular flexibility index (Phi) is 4.35. The van der Waals surface area contributed by atoms with E-state index in [1.165, 1.54) is 5.56 Å². The number of carbonyl (C=O) groups is 1. The van der Waals surface area contributed by atoms with Crippen molar-refractivity contribution in [3.05, 3.63) is 29.3 Å². The minimum atomic E-state index is -0.135. The third kappa shape index (κ3) is 3.74. The predicted molar refractivity (Wildman–Crippen MR) is 61.1 cm³/mol. The van der Waals surface area contributed by atoms with E-state index in [0.29, 0.717) is 12.2 Å². The van der Waals surface area contributed by atoms with Crippen LogP contribution in [0.4, 0.5) is 0 Å². The normalized spacial score (nSPS) is 10.1. The van der Waals surface area contributed by atoms with Crippen molar-refractivity contribution in [3.8, 4) is 5.75 Å². The highest BCUT2D eigenvalue weighted by atomic mass is 16.5. The van der Waals surface area contributed by atoms with Gasteiger partial charge in [0.2, 0.25) is 0 Å². The quantitative estimate of drug-likeness (QED) is 0.557. The smallest absolute Gasteiger partial charge is 0.311 e. The number of rotatable bonds is 4. The molecular weight excluding hydrogens is 188 g/mol. The van der Waals surface area contributed by atoms with E-state index in [-0.39, 0.29) is 5.97 Å². The molecule has 0 fully saturated rings. The molecule has 0 radical (unpaired) electrons. The molecule has 0 heterocycles. The van der Waals surface area contributed by atoms with Crippen molar-refractivity contribution in [3.63, 3.8) is 0 Å². The molecule has 1 rings (SSSR count). The van der Waals surface area contributed by atoms with Crippen LogP contribution in [0, 0.1) is 13.8 Å². The summed E-state index contributed by atoms with van der Waals surface area (Å²) >= 11 is 0. The number of hydrogen-bond donors (Lipinski definition) is 0. The van der Waals surface area contributed by atoms with Crippen LogP contribution in [-0.2, 0) is 4.79 Å². The van der Waals surface area contributed by atoms with Crippen LogP contribution >= 0.6 is 0 Å². The summed E-state index contributed by atoms with van der Waals surface area (Å²) in [5.74, 6) is 0.547. The first-order chi connectivity index (χ1) is 7.13. The van der Waals surface area contributed by atoms with Gasteiger partial charge in [-0.3, -0.25) is 4.79 Å². The molecule has 2 heteroatoms. The van der Waals surface area contributed by atoms with Crippen LogP contribution < -0.4 is 4.74 Å². The summed E-state index contributed by atoms with van der Waals surface area (Å²) in [6, 6.07) is 5.83. The van der Waals surface area contributed by atoms with Crippen molar-refractivity contribution >= 4 is 5.97 Å². The Labute approximate surface area is 91.3 Å². The molecule has 0 aliphatic rings. The fourth-order valence-corrected chi connectivity index (χ4v) is 1.41. The molecule has 0 aliphatic heterocycles. The lowest BCUT2D eigenvalue weighted by atomic mass is 10.1. The standard InChI is InChI=1S/C13H18O2/c1-4-5-6-13(14)15-12-8-7-10(2)9-11(12)3/h7-9H,4-6H2,1-3H3. The zero-order valence-corrected chi connectivity index (χ0v) is 9.67. The maximum absolute atomic E-state index is 11.4. The molecular formula is C13H18O2. The summed E-state index contributed by atoms with van der Waals surface area (Å²) in [6.45, 7) is 6.04. The van der Waals surface area contributed by atoms with Crippen molar-refractivity contribution in [2.45, 2.75) is 40.0 Å².